The highest BCUT2D eigenvalue weighted by molar-refractivity contribution is 5.93. The van der Waals surface area contributed by atoms with Crippen molar-refractivity contribution in [1.29, 1.82) is 0 Å². The first kappa shape index (κ1) is 15.5. The summed E-state index contributed by atoms with van der Waals surface area (Å²) in [4.78, 5) is 28.1. The monoisotopic (exact) mass is 290 g/mol. The third-order valence-electron chi connectivity index (χ3n) is 4.17. The van der Waals surface area contributed by atoms with Crippen LogP contribution in [-0.4, -0.2) is 22.0 Å². The molecule has 1 fully saturated rings. The maximum Gasteiger partial charge on any atom is 0.310 e. The smallest absolute Gasteiger partial charge is 0.310 e. The molecule has 0 spiro atoms. The molecule has 0 aliphatic heterocycles. The molecular formula is C16H22N2O3. The van der Waals surface area contributed by atoms with Crippen molar-refractivity contribution in [2.24, 2.45) is 5.41 Å². The molecule has 1 aromatic rings. The maximum atomic E-state index is 12.2. The molecule has 114 valence electrons. The van der Waals surface area contributed by atoms with Crippen LogP contribution >= 0.6 is 0 Å². The van der Waals surface area contributed by atoms with E-state index in [0.717, 1.165) is 31.4 Å². The molecule has 5 nitrogen and oxygen atoms in total. The molecule has 0 radical (unpaired) electrons. The first-order chi connectivity index (χ1) is 10.0. The zero-order chi connectivity index (χ0) is 15.3. The minimum absolute atomic E-state index is 0.0257. The van der Waals surface area contributed by atoms with E-state index < -0.39 is 11.4 Å². The second kappa shape index (κ2) is 6.70. The first-order valence-electron chi connectivity index (χ1n) is 7.49. The second-order valence-electron chi connectivity index (χ2n) is 5.89. The summed E-state index contributed by atoms with van der Waals surface area (Å²) in [5, 5.41) is 12.3. The second-order valence-corrected chi connectivity index (χ2v) is 5.89. The number of hydrogen-bond donors (Lipinski definition) is 2. The van der Waals surface area contributed by atoms with Crippen molar-refractivity contribution in [1.82, 2.24) is 4.98 Å². The van der Waals surface area contributed by atoms with Gasteiger partial charge >= 0.3 is 5.97 Å². The lowest BCUT2D eigenvalue weighted by molar-refractivity contribution is -0.152. The molecule has 1 aliphatic rings. The van der Waals surface area contributed by atoms with E-state index in [1.807, 2.05) is 19.1 Å². The van der Waals surface area contributed by atoms with Crippen LogP contribution in [0.1, 0.15) is 50.6 Å². The number of nitrogens with one attached hydrogen (secondary N) is 1. The molecule has 21 heavy (non-hydrogen) atoms. The number of pyridine rings is 1. The lowest BCUT2D eigenvalue weighted by atomic mass is 9.77. The zero-order valence-corrected chi connectivity index (χ0v) is 12.4. The number of hydrogen-bond acceptors (Lipinski definition) is 3. The summed E-state index contributed by atoms with van der Waals surface area (Å²) < 4.78 is 0. The first-order valence-corrected chi connectivity index (χ1v) is 7.49. The molecule has 0 unspecified atom stereocenters. The van der Waals surface area contributed by atoms with E-state index >= 15 is 0 Å². The average molecular weight is 290 g/mol. The molecule has 2 N–H and O–H groups in total. The van der Waals surface area contributed by atoms with Crippen LogP contribution < -0.4 is 5.32 Å². The molecule has 2 rings (SSSR count). The number of nitrogens with zero attached hydrogens (tertiary/aromatic N) is 1. The van der Waals surface area contributed by atoms with Crippen molar-refractivity contribution in [3.63, 3.8) is 0 Å². The lowest BCUT2D eigenvalue weighted by Gasteiger charge is -2.27. The average Bonchev–Trinajstić information content (AvgIpc) is 2.65. The van der Waals surface area contributed by atoms with Gasteiger partial charge in [-0.1, -0.05) is 31.7 Å². The third kappa shape index (κ3) is 4.03. The van der Waals surface area contributed by atoms with Gasteiger partial charge in [-0.3, -0.25) is 9.59 Å². The Hall–Kier alpha value is -1.91. The number of carbonyl (C=O) groups is 2. The standard InChI is InChI=1S/C16H22N2O3/c1-12-7-6-8-13(17-12)18-14(19)11-16(15(20)21)9-4-2-3-5-10-16/h6-8H,2-5,9-11H2,1H3,(H,20,21)(H,17,18,19). The molecular weight excluding hydrogens is 268 g/mol. The van der Waals surface area contributed by atoms with Crippen molar-refractivity contribution in [2.45, 2.75) is 51.9 Å². The normalized spacial score (nSPS) is 17.8. The number of carboxylic acid groups (broad SMARTS) is 1. The Morgan fingerprint density at radius 3 is 2.48 bits per heavy atom. The highest BCUT2D eigenvalue weighted by Crippen LogP contribution is 2.38. The highest BCUT2D eigenvalue weighted by Gasteiger charge is 2.40. The summed E-state index contributed by atoms with van der Waals surface area (Å²) in [6.07, 6.45) is 5.04. The SMILES string of the molecule is Cc1cccc(NC(=O)CC2(C(=O)O)CCCCCC2)n1. The third-order valence-corrected chi connectivity index (χ3v) is 4.17. The number of amides is 1. The van der Waals surface area contributed by atoms with Gasteiger partial charge in [-0.2, -0.15) is 0 Å². The van der Waals surface area contributed by atoms with E-state index in [2.05, 4.69) is 10.3 Å². The summed E-state index contributed by atoms with van der Waals surface area (Å²) in [7, 11) is 0. The number of carboxylic acids is 1. The van der Waals surface area contributed by atoms with E-state index in [-0.39, 0.29) is 12.3 Å². The Kier molecular flexibility index (Phi) is 4.94. The van der Waals surface area contributed by atoms with Crippen LogP contribution in [0.5, 0.6) is 0 Å². The number of anilines is 1. The maximum absolute atomic E-state index is 12.2. The molecule has 0 aromatic carbocycles. The zero-order valence-electron chi connectivity index (χ0n) is 12.4. The fraction of sp³-hybridized carbons (Fsp3) is 0.562. The van der Waals surface area contributed by atoms with Crippen molar-refractivity contribution < 1.29 is 14.7 Å². The molecule has 5 heteroatoms. The molecule has 1 saturated carbocycles. The summed E-state index contributed by atoms with van der Waals surface area (Å²) in [5.74, 6) is -0.636. The minimum atomic E-state index is -0.912. The molecule has 1 aliphatic carbocycles. The molecule has 1 amide bonds. The minimum Gasteiger partial charge on any atom is -0.481 e. The molecule has 0 bridgehead atoms. The van der Waals surface area contributed by atoms with Gasteiger partial charge in [-0.25, -0.2) is 4.98 Å². The van der Waals surface area contributed by atoms with E-state index in [9.17, 15) is 14.7 Å². The van der Waals surface area contributed by atoms with E-state index in [4.69, 9.17) is 0 Å². The number of rotatable bonds is 4. The Labute approximate surface area is 124 Å². The predicted molar refractivity (Wildman–Crippen MR) is 80.0 cm³/mol. The molecule has 0 saturated heterocycles. The van der Waals surface area contributed by atoms with Crippen molar-refractivity contribution in [3.05, 3.63) is 23.9 Å². The fourth-order valence-electron chi connectivity index (χ4n) is 2.98. The molecule has 1 aromatic heterocycles. The van der Waals surface area contributed by atoms with Crippen LogP contribution in [0.25, 0.3) is 0 Å². The van der Waals surface area contributed by atoms with Gasteiger partial charge in [0, 0.05) is 12.1 Å². The van der Waals surface area contributed by atoms with Gasteiger partial charge in [0.05, 0.1) is 5.41 Å². The van der Waals surface area contributed by atoms with E-state index in [1.54, 1.807) is 6.07 Å². The van der Waals surface area contributed by atoms with Gasteiger partial charge in [0.2, 0.25) is 5.91 Å². The van der Waals surface area contributed by atoms with Crippen molar-refractivity contribution >= 4 is 17.7 Å². The van der Waals surface area contributed by atoms with Gasteiger partial charge in [0.25, 0.3) is 0 Å². The fourth-order valence-corrected chi connectivity index (χ4v) is 2.98. The van der Waals surface area contributed by atoms with Crippen LogP contribution in [0.4, 0.5) is 5.82 Å². The molecule has 0 atom stereocenters. The van der Waals surface area contributed by atoms with Crippen LogP contribution in [0, 0.1) is 12.3 Å². The highest BCUT2D eigenvalue weighted by atomic mass is 16.4. The van der Waals surface area contributed by atoms with Crippen molar-refractivity contribution in [2.75, 3.05) is 5.32 Å². The van der Waals surface area contributed by atoms with E-state index in [0.29, 0.717) is 18.7 Å². The summed E-state index contributed by atoms with van der Waals surface area (Å²) >= 11 is 0. The van der Waals surface area contributed by atoms with Crippen LogP contribution in [-0.2, 0) is 9.59 Å². The van der Waals surface area contributed by atoms with Gasteiger partial charge in [-0.15, -0.1) is 0 Å². The lowest BCUT2D eigenvalue weighted by Crippen LogP contribution is -2.35. The number of aromatic nitrogens is 1. The number of aliphatic carboxylic acids is 1. The Bertz CT molecular complexity index is 520. The molecule has 1 heterocycles. The summed E-state index contributed by atoms with van der Waals surface area (Å²) in [6, 6.07) is 5.38. The van der Waals surface area contributed by atoms with Crippen molar-refractivity contribution in [3.8, 4) is 0 Å². The Morgan fingerprint density at radius 1 is 1.24 bits per heavy atom. The number of aryl methyl sites for hydroxylation is 1. The predicted octanol–water partition coefficient (Wildman–Crippen LogP) is 3.14. The van der Waals surface area contributed by atoms with Crippen LogP contribution in [0.15, 0.2) is 18.2 Å². The quantitative estimate of drug-likeness (QED) is 0.835. The van der Waals surface area contributed by atoms with Crippen LogP contribution in [0.3, 0.4) is 0 Å². The summed E-state index contributed by atoms with van der Waals surface area (Å²) in [6.45, 7) is 1.85. The Balaban J connectivity index is 2.06. The summed E-state index contributed by atoms with van der Waals surface area (Å²) in [5.41, 5.74) is -0.0973. The van der Waals surface area contributed by atoms with Gasteiger partial charge in [0.15, 0.2) is 0 Å². The number of carbonyl (C=O) groups excluding carboxylic acids is 1. The van der Waals surface area contributed by atoms with Gasteiger partial charge in [-0.05, 0) is 31.9 Å². The largest absolute Gasteiger partial charge is 0.481 e. The van der Waals surface area contributed by atoms with Crippen LogP contribution in [0.2, 0.25) is 0 Å². The topological polar surface area (TPSA) is 79.3 Å². The van der Waals surface area contributed by atoms with E-state index in [1.165, 1.54) is 0 Å². The van der Waals surface area contributed by atoms with Gasteiger partial charge in [0.1, 0.15) is 5.82 Å². The van der Waals surface area contributed by atoms with Gasteiger partial charge < -0.3 is 10.4 Å². The Morgan fingerprint density at radius 2 is 1.90 bits per heavy atom.